The van der Waals surface area contributed by atoms with Crippen molar-refractivity contribution in [1.29, 1.82) is 0 Å². The van der Waals surface area contributed by atoms with Crippen molar-refractivity contribution >= 4 is 17.7 Å². The Morgan fingerprint density at radius 3 is 2.29 bits per heavy atom. The highest BCUT2D eigenvalue weighted by Crippen LogP contribution is 2.22. The summed E-state index contributed by atoms with van der Waals surface area (Å²) in [7, 11) is 0. The van der Waals surface area contributed by atoms with E-state index in [1.807, 2.05) is 0 Å². The molecule has 0 saturated heterocycles. The highest BCUT2D eigenvalue weighted by atomic mass is 19.1. The van der Waals surface area contributed by atoms with E-state index in [0.717, 1.165) is 4.90 Å². The minimum atomic E-state index is -0.485. The molecule has 1 aliphatic heterocycles. The third kappa shape index (κ3) is 2.90. The molecule has 122 valence electrons. The summed E-state index contributed by atoms with van der Waals surface area (Å²) < 4.78 is 13.2. The Hall–Kier alpha value is -3.02. The fraction of sp³-hybridized carbons (Fsp3) is 0.167. The van der Waals surface area contributed by atoms with Gasteiger partial charge in [0.2, 0.25) is 5.91 Å². The second-order valence-electron chi connectivity index (χ2n) is 5.59. The molecule has 6 heteroatoms. The lowest BCUT2D eigenvalue weighted by atomic mass is 10.1. The van der Waals surface area contributed by atoms with Crippen LogP contribution < -0.4 is 5.32 Å². The summed E-state index contributed by atoms with van der Waals surface area (Å²) in [5, 5.41) is 2.67. The first-order valence-electron chi connectivity index (χ1n) is 7.47. The van der Waals surface area contributed by atoms with Crippen molar-refractivity contribution in [2.24, 2.45) is 0 Å². The number of amides is 3. The quantitative estimate of drug-likeness (QED) is 0.877. The van der Waals surface area contributed by atoms with Gasteiger partial charge in [-0.25, -0.2) is 4.39 Å². The Kier molecular flexibility index (Phi) is 4.12. The first kappa shape index (κ1) is 15.9. The lowest BCUT2D eigenvalue weighted by molar-refractivity contribution is -0.122. The molecule has 1 aliphatic rings. The monoisotopic (exact) mass is 326 g/mol. The van der Waals surface area contributed by atoms with Gasteiger partial charge in [-0.2, -0.15) is 0 Å². The molecule has 5 nitrogen and oxygen atoms in total. The molecule has 3 rings (SSSR count). The average molecular weight is 326 g/mol. The number of halogens is 1. The molecule has 0 aliphatic carbocycles. The van der Waals surface area contributed by atoms with Gasteiger partial charge >= 0.3 is 0 Å². The van der Waals surface area contributed by atoms with Crippen LogP contribution in [0.4, 0.5) is 4.39 Å². The summed E-state index contributed by atoms with van der Waals surface area (Å²) in [6.07, 6.45) is 0. The number of nitrogens with one attached hydrogen (secondary N) is 1. The van der Waals surface area contributed by atoms with E-state index in [9.17, 15) is 18.8 Å². The van der Waals surface area contributed by atoms with Crippen LogP contribution in [0.5, 0.6) is 0 Å². The van der Waals surface area contributed by atoms with Crippen LogP contribution in [0.15, 0.2) is 48.5 Å². The standard InChI is InChI=1S/C18H15FN2O3/c1-11(12-5-4-6-13(19)9-12)20-16(22)10-21-17(23)14-7-2-3-8-15(14)18(21)24/h2-9,11H,10H2,1H3,(H,20,22)/t11-/m0/s1. The molecule has 24 heavy (non-hydrogen) atoms. The number of carbonyl (C=O) groups is 3. The number of carbonyl (C=O) groups excluding carboxylic acids is 3. The Bertz CT molecular complexity index is 800. The largest absolute Gasteiger partial charge is 0.348 e. The van der Waals surface area contributed by atoms with Crippen molar-refractivity contribution < 1.29 is 18.8 Å². The number of nitrogens with zero attached hydrogens (tertiary/aromatic N) is 1. The van der Waals surface area contributed by atoms with E-state index in [-0.39, 0.29) is 6.54 Å². The van der Waals surface area contributed by atoms with E-state index >= 15 is 0 Å². The van der Waals surface area contributed by atoms with Gasteiger partial charge in [-0.15, -0.1) is 0 Å². The highest BCUT2D eigenvalue weighted by Gasteiger charge is 2.36. The summed E-state index contributed by atoms with van der Waals surface area (Å²) >= 11 is 0. The number of hydrogen-bond donors (Lipinski definition) is 1. The van der Waals surface area contributed by atoms with Gasteiger partial charge in [0.15, 0.2) is 0 Å². The molecule has 0 spiro atoms. The van der Waals surface area contributed by atoms with Crippen LogP contribution in [-0.2, 0) is 4.79 Å². The van der Waals surface area contributed by atoms with Crippen molar-refractivity contribution in [1.82, 2.24) is 10.2 Å². The van der Waals surface area contributed by atoms with Crippen LogP contribution >= 0.6 is 0 Å². The van der Waals surface area contributed by atoms with Crippen LogP contribution in [0, 0.1) is 5.82 Å². The van der Waals surface area contributed by atoms with Gasteiger partial charge in [0.1, 0.15) is 12.4 Å². The number of rotatable bonds is 4. The third-order valence-corrected chi connectivity index (χ3v) is 3.91. The van der Waals surface area contributed by atoms with E-state index in [1.165, 1.54) is 12.1 Å². The summed E-state index contributed by atoms with van der Waals surface area (Å²) in [5.74, 6) is -1.84. The minimum absolute atomic E-state index is 0.300. The predicted molar refractivity (Wildman–Crippen MR) is 84.8 cm³/mol. The fourth-order valence-electron chi connectivity index (χ4n) is 2.67. The Morgan fingerprint density at radius 2 is 1.71 bits per heavy atom. The lowest BCUT2D eigenvalue weighted by Crippen LogP contribution is -2.41. The molecule has 2 aromatic carbocycles. The molecule has 0 unspecified atom stereocenters. The summed E-state index contributed by atoms with van der Waals surface area (Å²) in [6.45, 7) is 1.33. The number of benzene rings is 2. The Labute approximate surface area is 138 Å². The van der Waals surface area contributed by atoms with Crippen LogP contribution in [0.3, 0.4) is 0 Å². The molecule has 1 atom stereocenters. The minimum Gasteiger partial charge on any atom is -0.348 e. The number of fused-ring (bicyclic) bond motifs is 1. The van der Waals surface area contributed by atoms with Crippen molar-refractivity contribution in [3.63, 3.8) is 0 Å². The SMILES string of the molecule is C[C@H](NC(=O)CN1C(=O)c2ccccc2C1=O)c1cccc(F)c1. The molecule has 1 heterocycles. The zero-order valence-corrected chi connectivity index (χ0v) is 13.0. The van der Waals surface area contributed by atoms with Gasteiger partial charge in [0.05, 0.1) is 17.2 Å². The molecule has 0 aromatic heterocycles. The zero-order chi connectivity index (χ0) is 17.3. The maximum atomic E-state index is 13.2. The average Bonchev–Trinajstić information content (AvgIpc) is 2.80. The number of imide groups is 1. The molecule has 0 bridgehead atoms. The maximum Gasteiger partial charge on any atom is 0.262 e. The van der Waals surface area contributed by atoms with Gasteiger partial charge in [-0.05, 0) is 36.8 Å². The Balaban J connectivity index is 1.68. The summed E-state index contributed by atoms with van der Waals surface area (Å²) in [6, 6.07) is 11.9. The molecule has 2 aromatic rings. The van der Waals surface area contributed by atoms with Crippen LogP contribution in [0.25, 0.3) is 0 Å². The van der Waals surface area contributed by atoms with Gasteiger partial charge in [-0.1, -0.05) is 24.3 Å². The first-order chi connectivity index (χ1) is 11.5. The molecular formula is C18H15FN2O3. The van der Waals surface area contributed by atoms with Crippen molar-refractivity contribution in [3.05, 3.63) is 71.0 Å². The second-order valence-corrected chi connectivity index (χ2v) is 5.59. The van der Waals surface area contributed by atoms with Crippen LogP contribution in [0.1, 0.15) is 39.2 Å². The fourth-order valence-corrected chi connectivity index (χ4v) is 2.67. The van der Waals surface area contributed by atoms with Crippen molar-refractivity contribution in [2.45, 2.75) is 13.0 Å². The van der Waals surface area contributed by atoms with E-state index in [0.29, 0.717) is 16.7 Å². The van der Waals surface area contributed by atoms with E-state index in [1.54, 1.807) is 43.3 Å². The van der Waals surface area contributed by atoms with Gasteiger partial charge in [0, 0.05) is 0 Å². The van der Waals surface area contributed by atoms with E-state index in [4.69, 9.17) is 0 Å². The normalized spacial score (nSPS) is 14.5. The number of hydrogen-bond acceptors (Lipinski definition) is 3. The Morgan fingerprint density at radius 1 is 1.08 bits per heavy atom. The zero-order valence-electron chi connectivity index (χ0n) is 13.0. The topological polar surface area (TPSA) is 66.5 Å². The van der Waals surface area contributed by atoms with Crippen molar-refractivity contribution in [3.8, 4) is 0 Å². The van der Waals surface area contributed by atoms with Crippen LogP contribution in [-0.4, -0.2) is 29.2 Å². The second kappa shape index (κ2) is 6.23. The van der Waals surface area contributed by atoms with Gasteiger partial charge in [0.25, 0.3) is 11.8 Å². The first-order valence-corrected chi connectivity index (χ1v) is 7.47. The third-order valence-electron chi connectivity index (χ3n) is 3.91. The maximum absolute atomic E-state index is 13.2. The molecular weight excluding hydrogens is 311 g/mol. The molecule has 3 amide bonds. The molecule has 0 fully saturated rings. The molecule has 0 radical (unpaired) electrons. The van der Waals surface area contributed by atoms with E-state index in [2.05, 4.69) is 5.32 Å². The summed E-state index contributed by atoms with van der Waals surface area (Å²) in [5.41, 5.74) is 1.20. The smallest absolute Gasteiger partial charge is 0.262 e. The predicted octanol–water partition coefficient (Wildman–Crippen LogP) is 2.30. The van der Waals surface area contributed by atoms with Crippen LogP contribution in [0.2, 0.25) is 0 Å². The molecule has 0 saturated carbocycles. The van der Waals surface area contributed by atoms with Crippen molar-refractivity contribution in [2.75, 3.05) is 6.54 Å². The summed E-state index contributed by atoms with van der Waals surface area (Å²) in [4.78, 5) is 37.5. The van der Waals surface area contributed by atoms with E-state index < -0.39 is 29.6 Å². The van der Waals surface area contributed by atoms with Gasteiger partial charge < -0.3 is 5.32 Å². The lowest BCUT2D eigenvalue weighted by Gasteiger charge is -2.18. The van der Waals surface area contributed by atoms with Gasteiger partial charge in [-0.3, -0.25) is 19.3 Å². The molecule has 1 N–H and O–H groups in total. The highest BCUT2D eigenvalue weighted by molar-refractivity contribution is 6.22.